The van der Waals surface area contributed by atoms with E-state index in [2.05, 4.69) is 47.0 Å². The van der Waals surface area contributed by atoms with Crippen LogP contribution >= 0.6 is 0 Å². The predicted molar refractivity (Wildman–Crippen MR) is 100 cm³/mol. The molecule has 0 aliphatic heterocycles. The Bertz CT molecular complexity index is 427. The quantitative estimate of drug-likeness (QED) is 0.447. The van der Waals surface area contributed by atoms with Gasteiger partial charge in [-0.15, -0.1) is 0 Å². The molecule has 1 N–H and O–H groups in total. The molecule has 0 atom stereocenters. The van der Waals surface area contributed by atoms with Crippen molar-refractivity contribution in [1.82, 2.24) is 15.2 Å². The van der Waals surface area contributed by atoms with Gasteiger partial charge in [-0.1, -0.05) is 27.2 Å². The number of hydrogen-bond donors (Lipinski definition) is 1. The highest BCUT2D eigenvalue weighted by Crippen LogP contribution is 2.00. The van der Waals surface area contributed by atoms with E-state index >= 15 is 0 Å². The molecule has 23 heavy (non-hydrogen) atoms. The van der Waals surface area contributed by atoms with Gasteiger partial charge in [0.2, 0.25) is 0 Å². The minimum absolute atomic E-state index is 0.835. The second-order valence-corrected chi connectivity index (χ2v) is 5.88. The molecular formula is C19H34N4. The van der Waals surface area contributed by atoms with E-state index in [1.165, 1.54) is 25.8 Å². The fourth-order valence-corrected chi connectivity index (χ4v) is 2.43. The Labute approximate surface area is 142 Å². The monoisotopic (exact) mass is 318 g/mol. The minimum atomic E-state index is 0.835. The Hall–Kier alpha value is -1.26. The summed E-state index contributed by atoms with van der Waals surface area (Å²) in [4.78, 5) is 11.3. The van der Waals surface area contributed by atoms with E-state index in [1.807, 2.05) is 18.5 Å². The van der Waals surface area contributed by atoms with Crippen molar-refractivity contribution in [2.24, 2.45) is 4.99 Å². The standard InChI is InChI=1S/C19H34N4/c1-4-7-11-20-16-18-10-13-22-19(15-18)17-21-12-8-9-14-23(5-2)6-3/h10,13,15-16,21H,4-9,11-12,14,17H2,1-3H3. The predicted octanol–water partition coefficient (Wildman–Crippen LogP) is 3.51. The lowest BCUT2D eigenvalue weighted by atomic mass is 10.2. The average Bonchev–Trinajstić information content (AvgIpc) is 2.59. The van der Waals surface area contributed by atoms with E-state index in [4.69, 9.17) is 0 Å². The molecule has 1 heterocycles. The zero-order valence-corrected chi connectivity index (χ0v) is 15.2. The molecule has 4 heteroatoms. The van der Waals surface area contributed by atoms with Gasteiger partial charge in [0, 0.05) is 25.5 Å². The van der Waals surface area contributed by atoms with Gasteiger partial charge in [-0.2, -0.15) is 0 Å². The van der Waals surface area contributed by atoms with E-state index in [9.17, 15) is 0 Å². The highest BCUT2D eigenvalue weighted by molar-refractivity contribution is 5.79. The molecule has 0 saturated carbocycles. The third-order valence-electron chi connectivity index (χ3n) is 4.00. The lowest BCUT2D eigenvalue weighted by Crippen LogP contribution is -2.25. The van der Waals surface area contributed by atoms with Gasteiger partial charge in [0.05, 0.1) is 5.69 Å². The fraction of sp³-hybridized carbons (Fsp3) is 0.684. The molecule has 130 valence electrons. The molecule has 0 bridgehead atoms. The minimum Gasteiger partial charge on any atom is -0.311 e. The Morgan fingerprint density at radius 1 is 1.17 bits per heavy atom. The van der Waals surface area contributed by atoms with Crippen LogP contribution in [0.2, 0.25) is 0 Å². The van der Waals surface area contributed by atoms with Crippen molar-refractivity contribution in [3.63, 3.8) is 0 Å². The highest BCUT2D eigenvalue weighted by atomic mass is 15.1. The fourth-order valence-electron chi connectivity index (χ4n) is 2.43. The van der Waals surface area contributed by atoms with Gasteiger partial charge in [0.1, 0.15) is 0 Å². The van der Waals surface area contributed by atoms with Gasteiger partial charge in [-0.25, -0.2) is 0 Å². The number of nitrogens with zero attached hydrogens (tertiary/aromatic N) is 3. The number of aliphatic imine (C=N–C) groups is 1. The van der Waals surface area contributed by atoms with Gasteiger partial charge in [0.15, 0.2) is 0 Å². The SMILES string of the molecule is CCCCN=Cc1ccnc(CNCCCCN(CC)CC)c1. The average molecular weight is 319 g/mol. The molecule has 0 amide bonds. The molecule has 1 aromatic heterocycles. The van der Waals surface area contributed by atoms with Crippen LogP contribution in [0.25, 0.3) is 0 Å². The largest absolute Gasteiger partial charge is 0.311 e. The Kier molecular flexibility index (Phi) is 11.4. The molecule has 0 fully saturated rings. The Balaban J connectivity index is 2.21. The van der Waals surface area contributed by atoms with E-state index in [0.717, 1.165) is 50.4 Å². The van der Waals surface area contributed by atoms with Crippen LogP contribution < -0.4 is 5.32 Å². The van der Waals surface area contributed by atoms with Gasteiger partial charge in [-0.05, 0) is 63.1 Å². The van der Waals surface area contributed by atoms with E-state index in [-0.39, 0.29) is 0 Å². The Morgan fingerprint density at radius 2 is 2.00 bits per heavy atom. The number of pyridine rings is 1. The summed E-state index contributed by atoms with van der Waals surface area (Å²) in [5.74, 6) is 0. The molecule has 0 radical (unpaired) electrons. The van der Waals surface area contributed by atoms with Gasteiger partial charge < -0.3 is 10.2 Å². The number of unbranched alkanes of at least 4 members (excludes halogenated alkanes) is 2. The molecule has 0 spiro atoms. The van der Waals surface area contributed by atoms with Crippen molar-refractivity contribution in [2.75, 3.05) is 32.7 Å². The van der Waals surface area contributed by atoms with Crippen LogP contribution in [0, 0.1) is 0 Å². The maximum Gasteiger partial charge on any atom is 0.0548 e. The molecule has 0 aromatic carbocycles. The van der Waals surface area contributed by atoms with E-state index in [1.54, 1.807) is 0 Å². The zero-order chi connectivity index (χ0) is 16.8. The van der Waals surface area contributed by atoms with Crippen LogP contribution in [0.5, 0.6) is 0 Å². The van der Waals surface area contributed by atoms with Gasteiger partial charge in [0.25, 0.3) is 0 Å². The molecule has 4 nitrogen and oxygen atoms in total. The van der Waals surface area contributed by atoms with Crippen molar-refractivity contribution >= 4 is 6.21 Å². The number of rotatable bonds is 13. The summed E-state index contributed by atoms with van der Waals surface area (Å²) in [6, 6.07) is 4.14. The maximum absolute atomic E-state index is 4.45. The molecule has 0 unspecified atom stereocenters. The summed E-state index contributed by atoms with van der Waals surface area (Å²) in [6.45, 7) is 13.0. The normalized spacial score (nSPS) is 11.7. The lowest BCUT2D eigenvalue weighted by molar-refractivity contribution is 0.296. The first-order chi connectivity index (χ1) is 11.3. The summed E-state index contributed by atoms with van der Waals surface area (Å²) >= 11 is 0. The van der Waals surface area contributed by atoms with E-state index < -0.39 is 0 Å². The Morgan fingerprint density at radius 3 is 2.74 bits per heavy atom. The second kappa shape index (κ2) is 13.2. The summed E-state index contributed by atoms with van der Waals surface area (Å²) < 4.78 is 0. The van der Waals surface area contributed by atoms with Crippen molar-refractivity contribution < 1.29 is 0 Å². The molecule has 0 aliphatic rings. The third kappa shape index (κ3) is 9.47. The molecule has 0 aliphatic carbocycles. The van der Waals surface area contributed by atoms with E-state index in [0.29, 0.717) is 0 Å². The summed E-state index contributed by atoms with van der Waals surface area (Å²) in [6.07, 6.45) is 8.66. The third-order valence-corrected chi connectivity index (χ3v) is 4.00. The first kappa shape index (κ1) is 19.8. The van der Waals surface area contributed by atoms with Gasteiger partial charge >= 0.3 is 0 Å². The van der Waals surface area contributed by atoms with Crippen molar-refractivity contribution in [2.45, 2.75) is 53.0 Å². The maximum atomic E-state index is 4.45. The van der Waals surface area contributed by atoms with Crippen LogP contribution in [-0.4, -0.2) is 48.8 Å². The van der Waals surface area contributed by atoms with Crippen molar-refractivity contribution in [3.8, 4) is 0 Å². The highest BCUT2D eigenvalue weighted by Gasteiger charge is 1.99. The first-order valence-corrected chi connectivity index (χ1v) is 9.17. The molecule has 1 aromatic rings. The number of aromatic nitrogens is 1. The van der Waals surface area contributed by atoms with Crippen LogP contribution in [0.4, 0.5) is 0 Å². The van der Waals surface area contributed by atoms with Crippen LogP contribution in [0.3, 0.4) is 0 Å². The first-order valence-electron chi connectivity index (χ1n) is 9.17. The van der Waals surface area contributed by atoms with Crippen LogP contribution in [0.1, 0.15) is 57.7 Å². The number of nitrogens with one attached hydrogen (secondary N) is 1. The smallest absolute Gasteiger partial charge is 0.0548 e. The molecular weight excluding hydrogens is 284 g/mol. The van der Waals surface area contributed by atoms with Gasteiger partial charge in [-0.3, -0.25) is 9.98 Å². The second-order valence-electron chi connectivity index (χ2n) is 5.88. The molecule has 1 rings (SSSR count). The summed E-state index contributed by atoms with van der Waals surface area (Å²) in [7, 11) is 0. The lowest BCUT2D eigenvalue weighted by Gasteiger charge is -2.17. The van der Waals surface area contributed by atoms with Crippen molar-refractivity contribution in [1.29, 1.82) is 0 Å². The van der Waals surface area contributed by atoms with Crippen LogP contribution in [-0.2, 0) is 6.54 Å². The van der Waals surface area contributed by atoms with Crippen LogP contribution in [0.15, 0.2) is 23.3 Å². The topological polar surface area (TPSA) is 40.5 Å². The summed E-state index contributed by atoms with van der Waals surface area (Å²) in [5.41, 5.74) is 2.24. The zero-order valence-electron chi connectivity index (χ0n) is 15.2. The molecule has 0 saturated heterocycles. The number of hydrogen-bond acceptors (Lipinski definition) is 4. The summed E-state index contributed by atoms with van der Waals surface area (Å²) in [5, 5.41) is 3.49. The van der Waals surface area contributed by atoms with Crippen molar-refractivity contribution in [3.05, 3.63) is 29.6 Å².